The third-order valence-corrected chi connectivity index (χ3v) is 4.30. The van der Waals surface area contributed by atoms with Crippen LogP contribution in [0.5, 0.6) is 5.75 Å². The van der Waals surface area contributed by atoms with E-state index in [0.29, 0.717) is 5.92 Å². The summed E-state index contributed by atoms with van der Waals surface area (Å²) in [6, 6.07) is 14.0. The Morgan fingerprint density at radius 1 is 1.13 bits per heavy atom. The van der Waals surface area contributed by atoms with E-state index in [1.165, 1.54) is 17.5 Å². The average molecular weight is 309 g/mol. The summed E-state index contributed by atoms with van der Waals surface area (Å²) in [7, 11) is 0. The van der Waals surface area contributed by atoms with Gasteiger partial charge in [-0.2, -0.15) is 0 Å². The van der Waals surface area contributed by atoms with E-state index in [9.17, 15) is 4.79 Å². The lowest BCUT2D eigenvalue weighted by atomic mass is 10.0. The fourth-order valence-electron chi connectivity index (χ4n) is 3.09. The zero-order valence-electron chi connectivity index (χ0n) is 13.8. The van der Waals surface area contributed by atoms with Crippen molar-refractivity contribution in [3.05, 3.63) is 59.2 Å². The van der Waals surface area contributed by atoms with Crippen LogP contribution in [0.1, 0.15) is 42.9 Å². The lowest BCUT2D eigenvalue weighted by Crippen LogP contribution is -2.21. The summed E-state index contributed by atoms with van der Waals surface area (Å²) in [6.07, 6.45) is 3.48. The number of ether oxygens (including phenoxy) is 1. The van der Waals surface area contributed by atoms with Gasteiger partial charge in [0.2, 0.25) is 0 Å². The maximum atomic E-state index is 12.2. The lowest BCUT2D eigenvalue weighted by Gasteiger charge is -2.14. The fraction of sp³-hybridized carbons (Fsp3) is 0.350. The van der Waals surface area contributed by atoms with E-state index >= 15 is 0 Å². The van der Waals surface area contributed by atoms with Gasteiger partial charge in [0.25, 0.3) is 5.91 Å². The van der Waals surface area contributed by atoms with E-state index in [-0.39, 0.29) is 12.5 Å². The van der Waals surface area contributed by atoms with Crippen LogP contribution in [0, 0.1) is 0 Å². The van der Waals surface area contributed by atoms with Gasteiger partial charge >= 0.3 is 0 Å². The summed E-state index contributed by atoms with van der Waals surface area (Å²) >= 11 is 0. The van der Waals surface area contributed by atoms with E-state index < -0.39 is 0 Å². The molecular formula is C20H23NO2. The molecule has 0 saturated heterocycles. The van der Waals surface area contributed by atoms with Crippen molar-refractivity contribution < 1.29 is 9.53 Å². The standard InChI is InChI=1S/C20H23NO2/c1-14(2)18-8-3-4-9-19(18)21-20(22)13-23-17-11-10-15-6-5-7-16(15)12-17/h3-4,8-12,14H,5-7,13H2,1-2H3,(H,21,22). The second-order valence-electron chi connectivity index (χ2n) is 6.36. The molecule has 0 spiro atoms. The SMILES string of the molecule is CC(C)c1ccccc1NC(=O)COc1ccc2c(c1)CCC2. The van der Waals surface area contributed by atoms with Gasteiger partial charge in [-0.25, -0.2) is 0 Å². The molecule has 3 heteroatoms. The number of nitrogens with one attached hydrogen (secondary N) is 1. The van der Waals surface area contributed by atoms with Gasteiger partial charge in [-0.05, 0) is 60.1 Å². The lowest BCUT2D eigenvalue weighted by molar-refractivity contribution is -0.118. The minimum Gasteiger partial charge on any atom is -0.484 e. The fourth-order valence-corrected chi connectivity index (χ4v) is 3.09. The summed E-state index contributed by atoms with van der Waals surface area (Å²) in [5.41, 5.74) is 4.77. The first-order valence-corrected chi connectivity index (χ1v) is 8.27. The summed E-state index contributed by atoms with van der Waals surface area (Å²) in [4.78, 5) is 12.2. The molecule has 0 heterocycles. The van der Waals surface area contributed by atoms with Gasteiger partial charge in [-0.15, -0.1) is 0 Å². The van der Waals surface area contributed by atoms with Crippen LogP contribution >= 0.6 is 0 Å². The molecule has 2 aromatic carbocycles. The largest absolute Gasteiger partial charge is 0.484 e. The quantitative estimate of drug-likeness (QED) is 0.893. The molecule has 3 nitrogen and oxygen atoms in total. The number of anilines is 1. The summed E-state index contributed by atoms with van der Waals surface area (Å²) in [5.74, 6) is 1.01. The van der Waals surface area contributed by atoms with Crippen molar-refractivity contribution >= 4 is 11.6 Å². The number of hydrogen-bond acceptors (Lipinski definition) is 2. The minimum atomic E-state index is -0.126. The van der Waals surface area contributed by atoms with Gasteiger partial charge in [0.1, 0.15) is 5.75 Å². The normalized spacial score (nSPS) is 13.0. The van der Waals surface area contributed by atoms with Crippen LogP contribution in [0.4, 0.5) is 5.69 Å². The molecule has 120 valence electrons. The van der Waals surface area contributed by atoms with Gasteiger partial charge < -0.3 is 10.1 Å². The molecule has 0 bridgehead atoms. The monoisotopic (exact) mass is 309 g/mol. The van der Waals surface area contributed by atoms with Crippen LogP contribution in [0.25, 0.3) is 0 Å². The smallest absolute Gasteiger partial charge is 0.262 e. The third kappa shape index (κ3) is 3.73. The molecule has 0 aliphatic heterocycles. The summed E-state index contributed by atoms with van der Waals surface area (Å²) in [6.45, 7) is 4.27. The van der Waals surface area contributed by atoms with Crippen LogP contribution < -0.4 is 10.1 Å². The maximum Gasteiger partial charge on any atom is 0.262 e. The Balaban J connectivity index is 1.60. The first-order valence-electron chi connectivity index (χ1n) is 8.27. The number of carbonyl (C=O) groups is 1. The van der Waals surface area contributed by atoms with Crippen molar-refractivity contribution in [3.8, 4) is 5.75 Å². The molecule has 3 rings (SSSR count). The molecule has 0 fully saturated rings. The zero-order valence-corrected chi connectivity index (χ0v) is 13.8. The highest BCUT2D eigenvalue weighted by Gasteiger charge is 2.13. The Morgan fingerprint density at radius 3 is 2.74 bits per heavy atom. The van der Waals surface area contributed by atoms with Crippen molar-refractivity contribution in [2.24, 2.45) is 0 Å². The predicted molar refractivity (Wildman–Crippen MR) is 93.1 cm³/mol. The molecule has 1 aliphatic carbocycles. The van der Waals surface area contributed by atoms with Crippen molar-refractivity contribution in [1.29, 1.82) is 0 Å². The molecule has 2 aromatic rings. The first kappa shape index (κ1) is 15.6. The molecule has 0 radical (unpaired) electrons. The van der Waals surface area contributed by atoms with Crippen molar-refractivity contribution in [3.63, 3.8) is 0 Å². The van der Waals surface area contributed by atoms with Gasteiger partial charge in [0, 0.05) is 5.69 Å². The van der Waals surface area contributed by atoms with Crippen molar-refractivity contribution in [1.82, 2.24) is 0 Å². The highest BCUT2D eigenvalue weighted by Crippen LogP contribution is 2.26. The number of benzene rings is 2. The Morgan fingerprint density at radius 2 is 1.91 bits per heavy atom. The molecule has 0 aromatic heterocycles. The number of hydrogen-bond donors (Lipinski definition) is 1. The van der Waals surface area contributed by atoms with E-state index in [4.69, 9.17) is 4.74 Å². The van der Waals surface area contributed by atoms with Crippen LogP contribution in [0.15, 0.2) is 42.5 Å². The van der Waals surface area contributed by atoms with E-state index in [1.807, 2.05) is 30.3 Å². The highest BCUT2D eigenvalue weighted by atomic mass is 16.5. The predicted octanol–water partition coefficient (Wildman–Crippen LogP) is 4.32. The molecule has 0 unspecified atom stereocenters. The van der Waals surface area contributed by atoms with Gasteiger partial charge in [0.05, 0.1) is 0 Å². The van der Waals surface area contributed by atoms with Gasteiger partial charge in [0.15, 0.2) is 6.61 Å². The molecule has 0 saturated carbocycles. The molecular weight excluding hydrogens is 286 g/mol. The highest BCUT2D eigenvalue weighted by molar-refractivity contribution is 5.92. The average Bonchev–Trinajstić information content (AvgIpc) is 3.01. The number of para-hydroxylation sites is 1. The number of fused-ring (bicyclic) bond motifs is 1. The molecule has 1 N–H and O–H groups in total. The Bertz CT molecular complexity index is 707. The zero-order chi connectivity index (χ0) is 16.2. The van der Waals surface area contributed by atoms with Crippen molar-refractivity contribution in [2.75, 3.05) is 11.9 Å². The molecule has 0 atom stereocenters. The minimum absolute atomic E-state index is 0.0330. The van der Waals surface area contributed by atoms with E-state index in [0.717, 1.165) is 29.8 Å². The van der Waals surface area contributed by atoms with Crippen LogP contribution in [-0.4, -0.2) is 12.5 Å². The number of amides is 1. The number of carbonyl (C=O) groups excluding carboxylic acids is 1. The summed E-state index contributed by atoms with van der Waals surface area (Å²) < 4.78 is 5.65. The number of rotatable bonds is 5. The molecule has 1 amide bonds. The first-order chi connectivity index (χ1) is 11.1. The topological polar surface area (TPSA) is 38.3 Å². The number of aryl methyl sites for hydroxylation is 2. The Kier molecular flexibility index (Phi) is 4.65. The summed E-state index contributed by atoms with van der Waals surface area (Å²) in [5, 5.41) is 2.95. The Labute approximate surface area is 137 Å². The maximum absolute atomic E-state index is 12.2. The second-order valence-corrected chi connectivity index (χ2v) is 6.36. The van der Waals surface area contributed by atoms with E-state index in [1.54, 1.807) is 0 Å². The Hall–Kier alpha value is -2.29. The van der Waals surface area contributed by atoms with Gasteiger partial charge in [-0.1, -0.05) is 38.1 Å². The van der Waals surface area contributed by atoms with Crippen molar-refractivity contribution in [2.45, 2.75) is 39.0 Å². The van der Waals surface area contributed by atoms with Gasteiger partial charge in [-0.3, -0.25) is 4.79 Å². The molecule has 1 aliphatic rings. The van der Waals surface area contributed by atoms with Crippen LogP contribution in [0.3, 0.4) is 0 Å². The van der Waals surface area contributed by atoms with Crippen LogP contribution in [0.2, 0.25) is 0 Å². The van der Waals surface area contributed by atoms with Crippen LogP contribution in [-0.2, 0) is 17.6 Å². The third-order valence-electron chi connectivity index (χ3n) is 4.30. The van der Waals surface area contributed by atoms with E-state index in [2.05, 4.69) is 31.3 Å². The molecule has 23 heavy (non-hydrogen) atoms. The second kappa shape index (κ2) is 6.86.